The zero-order chi connectivity index (χ0) is 18.6. The number of likely N-dealkylation sites (tertiary alicyclic amines) is 1. The van der Waals surface area contributed by atoms with Gasteiger partial charge in [-0.25, -0.2) is 4.79 Å². The molecular formula is C22H25NO4. The summed E-state index contributed by atoms with van der Waals surface area (Å²) in [7, 11) is 0. The molecule has 1 aromatic rings. The number of aryl methyl sites for hydroxylation is 1. The molecule has 3 heterocycles. The fraction of sp³-hybridized carbons (Fsp3) is 0.636. The molecule has 1 spiro atoms. The van der Waals surface area contributed by atoms with Crippen molar-refractivity contribution in [3.63, 3.8) is 0 Å². The van der Waals surface area contributed by atoms with Crippen molar-refractivity contribution in [2.45, 2.75) is 68.1 Å². The Morgan fingerprint density at radius 2 is 2.04 bits per heavy atom. The summed E-state index contributed by atoms with van der Waals surface area (Å²) in [5, 5.41) is 11.0. The van der Waals surface area contributed by atoms with Gasteiger partial charge in [0.1, 0.15) is 11.6 Å². The molecule has 3 aliphatic heterocycles. The number of fused-ring (bicyclic) bond motifs is 3. The van der Waals surface area contributed by atoms with Gasteiger partial charge in [-0.15, -0.1) is 0 Å². The van der Waals surface area contributed by atoms with Crippen molar-refractivity contribution in [3.8, 4) is 0 Å². The smallest absolute Gasteiger partial charge is 0.338 e. The van der Waals surface area contributed by atoms with Crippen LogP contribution in [0.25, 0.3) is 0 Å². The van der Waals surface area contributed by atoms with Crippen LogP contribution in [0.2, 0.25) is 0 Å². The lowest BCUT2D eigenvalue weighted by Crippen LogP contribution is -2.81. The Bertz CT molecular complexity index is 892. The van der Waals surface area contributed by atoms with Gasteiger partial charge in [-0.2, -0.15) is 0 Å². The van der Waals surface area contributed by atoms with Crippen LogP contribution in [0.3, 0.4) is 0 Å². The molecule has 1 aromatic carbocycles. The first-order valence-corrected chi connectivity index (χ1v) is 10.2. The summed E-state index contributed by atoms with van der Waals surface area (Å²) in [5.74, 6) is 0.244. The van der Waals surface area contributed by atoms with E-state index in [1.165, 1.54) is 12.8 Å². The fourth-order valence-corrected chi connectivity index (χ4v) is 6.55. The predicted molar refractivity (Wildman–Crippen MR) is 97.5 cm³/mol. The molecule has 0 unspecified atom stereocenters. The topological polar surface area (TPSA) is 66.8 Å². The molecule has 5 heteroatoms. The van der Waals surface area contributed by atoms with Crippen molar-refractivity contribution in [3.05, 3.63) is 34.9 Å². The Hall–Kier alpha value is -1.72. The number of aliphatic hydroxyl groups is 1. The third-order valence-electron chi connectivity index (χ3n) is 8.00. The number of rotatable bonds is 2. The van der Waals surface area contributed by atoms with E-state index in [0.29, 0.717) is 25.2 Å². The highest BCUT2D eigenvalue weighted by Crippen LogP contribution is 2.65. The Morgan fingerprint density at radius 1 is 1.22 bits per heavy atom. The molecule has 2 saturated carbocycles. The van der Waals surface area contributed by atoms with Gasteiger partial charge < -0.3 is 9.84 Å². The molecule has 0 radical (unpaired) electrons. The van der Waals surface area contributed by atoms with E-state index in [-0.39, 0.29) is 5.78 Å². The van der Waals surface area contributed by atoms with E-state index in [4.69, 9.17) is 4.74 Å². The van der Waals surface area contributed by atoms with E-state index in [0.717, 1.165) is 36.2 Å². The van der Waals surface area contributed by atoms with Crippen molar-refractivity contribution >= 4 is 11.8 Å². The van der Waals surface area contributed by atoms with Crippen LogP contribution in [0, 0.1) is 12.8 Å². The van der Waals surface area contributed by atoms with Gasteiger partial charge in [0.2, 0.25) is 0 Å². The van der Waals surface area contributed by atoms with Gasteiger partial charge in [-0.05, 0) is 50.5 Å². The molecule has 27 heavy (non-hydrogen) atoms. The third-order valence-corrected chi connectivity index (χ3v) is 8.00. The second kappa shape index (κ2) is 4.81. The second-order valence-corrected chi connectivity index (χ2v) is 9.57. The van der Waals surface area contributed by atoms with E-state index in [9.17, 15) is 14.7 Å². The first-order chi connectivity index (χ1) is 12.9. The van der Waals surface area contributed by atoms with E-state index in [1.54, 1.807) is 0 Å². The molecule has 142 valence electrons. The summed E-state index contributed by atoms with van der Waals surface area (Å²) in [5.41, 5.74) is 0.189. The van der Waals surface area contributed by atoms with Gasteiger partial charge in [-0.3, -0.25) is 9.69 Å². The van der Waals surface area contributed by atoms with E-state index >= 15 is 0 Å². The molecule has 5 fully saturated rings. The maximum absolute atomic E-state index is 13.7. The summed E-state index contributed by atoms with van der Waals surface area (Å²) in [4.78, 5) is 28.7. The molecule has 0 aromatic heterocycles. The largest absolute Gasteiger partial charge is 0.454 e. The molecule has 4 atom stereocenters. The molecule has 4 bridgehead atoms. The second-order valence-electron chi connectivity index (χ2n) is 9.57. The fourth-order valence-electron chi connectivity index (χ4n) is 6.55. The quantitative estimate of drug-likeness (QED) is 0.811. The molecule has 7 rings (SSSR count). The van der Waals surface area contributed by atoms with Crippen LogP contribution in [-0.2, 0) is 14.9 Å². The van der Waals surface area contributed by atoms with Crippen LogP contribution >= 0.6 is 0 Å². The number of esters is 1. The van der Waals surface area contributed by atoms with Crippen LogP contribution in [0.5, 0.6) is 0 Å². The summed E-state index contributed by atoms with van der Waals surface area (Å²) < 4.78 is 6.09. The lowest BCUT2D eigenvalue weighted by Gasteiger charge is -2.68. The Balaban J connectivity index is 1.60. The van der Waals surface area contributed by atoms with Gasteiger partial charge in [0.15, 0.2) is 11.4 Å². The van der Waals surface area contributed by atoms with Crippen LogP contribution in [0.4, 0.5) is 0 Å². The van der Waals surface area contributed by atoms with E-state index in [1.807, 2.05) is 19.1 Å². The third kappa shape index (κ3) is 1.82. The molecule has 3 aliphatic carbocycles. The summed E-state index contributed by atoms with van der Waals surface area (Å²) in [6, 6.07) is 5.63. The van der Waals surface area contributed by atoms with Crippen molar-refractivity contribution < 1.29 is 19.4 Å². The zero-order valence-corrected chi connectivity index (χ0v) is 15.7. The standard InChI is InChI=1S/C22H25NO4/c1-13-2-5-15-16(10-13)20-8-9-23(11-14-3-4-14)18(17(15)24)22(20)7-6-21(26,12-20)19(25)27-22/h2,5,10,14,18,26H,3-4,6-9,11-12H2,1H3/t18-,20-,21+,22-/m1/s1. The summed E-state index contributed by atoms with van der Waals surface area (Å²) >= 11 is 0. The number of nitrogens with zero attached hydrogens (tertiary/aromatic N) is 1. The summed E-state index contributed by atoms with van der Waals surface area (Å²) in [6.07, 6.45) is 4.64. The normalized spacial score (nSPS) is 42.5. The highest BCUT2D eigenvalue weighted by molar-refractivity contribution is 6.06. The van der Waals surface area contributed by atoms with Crippen molar-refractivity contribution in [2.75, 3.05) is 13.1 Å². The molecule has 1 N–H and O–H groups in total. The number of carbonyl (C=O) groups excluding carboxylic acids is 2. The zero-order valence-electron chi connectivity index (χ0n) is 15.7. The Labute approximate surface area is 158 Å². The van der Waals surface area contributed by atoms with Crippen LogP contribution in [-0.4, -0.2) is 52.1 Å². The van der Waals surface area contributed by atoms with Gasteiger partial charge in [-0.1, -0.05) is 23.8 Å². The highest BCUT2D eigenvalue weighted by atomic mass is 16.6. The van der Waals surface area contributed by atoms with Crippen molar-refractivity contribution in [2.24, 2.45) is 5.92 Å². The average Bonchev–Trinajstić information content (AvgIpc) is 3.44. The van der Waals surface area contributed by atoms with Crippen LogP contribution in [0.1, 0.15) is 60.0 Å². The Kier molecular flexibility index (Phi) is 2.90. The number of carbonyl (C=O) groups is 2. The minimum Gasteiger partial charge on any atom is -0.454 e. The minimum absolute atomic E-state index is 0.0983. The number of hydrogen-bond donors (Lipinski definition) is 1. The van der Waals surface area contributed by atoms with Crippen molar-refractivity contribution in [1.82, 2.24) is 4.90 Å². The highest BCUT2D eigenvalue weighted by Gasteiger charge is 2.76. The van der Waals surface area contributed by atoms with Crippen molar-refractivity contribution in [1.29, 1.82) is 0 Å². The first kappa shape index (κ1) is 16.3. The number of ketones is 1. The summed E-state index contributed by atoms with van der Waals surface area (Å²) in [6.45, 7) is 3.77. The molecule has 3 saturated heterocycles. The van der Waals surface area contributed by atoms with Gasteiger partial charge in [0.25, 0.3) is 0 Å². The number of piperidine rings is 1. The van der Waals surface area contributed by atoms with Gasteiger partial charge >= 0.3 is 5.97 Å². The molecule has 6 aliphatic rings. The lowest BCUT2D eigenvalue weighted by molar-refractivity contribution is -0.264. The number of hydrogen-bond acceptors (Lipinski definition) is 5. The number of Topliss-reactive ketones (excluding diaryl/α,β-unsaturated/α-hetero) is 1. The molecular weight excluding hydrogens is 342 g/mol. The lowest BCUT2D eigenvalue weighted by atomic mass is 9.45. The van der Waals surface area contributed by atoms with Crippen LogP contribution in [0.15, 0.2) is 18.2 Å². The first-order valence-electron chi connectivity index (χ1n) is 10.2. The van der Waals surface area contributed by atoms with E-state index in [2.05, 4.69) is 11.0 Å². The predicted octanol–water partition coefficient (Wildman–Crippen LogP) is 2.12. The molecule has 0 amide bonds. The monoisotopic (exact) mass is 367 g/mol. The maximum Gasteiger partial charge on any atom is 0.338 e. The minimum atomic E-state index is -1.41. The van der Waals surface area contributed by atoms with Gasteiger partial charge in [0.05, 0.1) is 0 Å². The molecule has 5 nitrogen and oxygen atoms in total. The van der Waals surface area contributed by atoms with E-state index < -0.39 is 28.6 Å². The maximum atomic E-state index is 13.7. The van der Waals surface area contributed by atoms with Crippen LogP contribution < -0.4 is 0 Å². The van der Waals surface area contributed by atoms with Gasteiger partial charge in [0, 0.05) is 30.5 Å². The SMILES string of the molecule is Cc1ccc2c(c1)[C@]13CCN(CC4CC4)[C@H](C2=O)[C@]12CC[C@](O)(C3)C(=O)O2. The number of benzene rings is 1. The number of ether oxygens (including phenoxy) is 1. The Morgan fingerprint density at radius 3 is 2.78 bits per heavy atom. The average molecular weight is 367 g/mol.